The Labute approximate surface area is 123 Å². The van der Waals surface area contributed by atoms with E-state index in [0.717, 1.165) is 31.6 Å². The van der Waals surface area contributed by atoms with Gasteiger partial charge in [0.25, 0.3) is 10.0 Å². The van der Waals surface area contributed by atoms with E-state index in [2.05, 4.69) is 20.9 Å². The van der Waals surface area contributed by atoms with Crippen LogP contribution >= 0.6 is 15.9 Å². The molecule has 0 aliphatic carbocycles. The molecule has 1 aromatic heterocycles. The fraction of sp³-hybridized carbons (Fsp3) is 0.750. The van der Waals surface area contributed by atoms with E-state index in [1.54, 1.807) is 10.5 Å². The zero-order valence-electron chi connectivity index (χ0n) is 11.3. The van der Waals surface area contributed by atoms with Crippen LogP contribution in [0.4, 0.5) is 0 Å². The van der Waals surface area contributed by atoms with E-state index in [9.17, 15) is 8.42 Å². The van der Waals surface area contributed by atoms with Gasteiger partial charge in [-0.2, -0.15) is 4.31 Å². The third-order valence-corrected chi connectivity index (χ3v) is 6.19. The molecule has 2 heterocycles. The Balaban J connectivity index is 2.34. The van der Waals surface area contributed by atoms with Crippen LogP contribution in [0.25, 0.3) is 0 Å². The van der Waals surface area contributed by atoms with Gasteiger partial charge in [-0.3, -0.25) is 0 Å². The Bertz CT molecular complexity index is 541. The largest absolute Gasteiger partial charge is 0.334 e. The van der Waals surface area contributed by atoms with Crippen molar-refractivity contribution in [3.63, 3.8) is 0 Å². The van der Waals surface area contributed by atoms with Gasteiger partial charge in [-0.1, -0.05) is 22.4 Å². The highest BCUT2D eigenvalue weighted by atomic mass is 79.9. The second-order valence-corrected chi connectivity index (χ2v) is 7.32. The molecule has 0 saturated carbocycles. The molecule has 5 nitrogen and oxygen atoms in total. The van der Waals surface area contributed by atoms with Crippen LogP contribution in [0.1, 0.15) is 32.0 Å². The lowest BCUT2D eigenvalue weighted by molar-refractivity contribution is 0.273. The summed E-state index contributed by atoms with van der Waals surface area (Å²) < 4.78 is 28.8. The number of imidazole rings is 1. The SMILES string of the molecule is CCn1cc(S(=O)(=O)N2CCCCC2CBr)nc1C. The zero-order valence-corrected chi connectivity index (χ0v) is 13.7. The third kappa shape index (κ3) is 2.87. The summed E-state index contributed by atoms with van der Waals surface area (Å²) in [4.78, 5) is 4.22. The van der Waals surface area contributed by atoms with Gasteiger partial charge < -0.3 is 4.57 Å². The standard InChI is InChI=1S/C12H20BrN3O2S/c1-3-15-9-12(14-10(15)2)19(17,18)16-7-5-4-6-11(16)8-13/h9,11H,3-8H2,1-2H3. The van der Waals surface area contributed by atoms with E-state index in [-0.39, 0.29) is 11.1 Å². The quantitative estimate of drug-likeness (QED) is 0.782. The molecule has 7 heteroatoms. The van der Waals surface area contributed by atoms with Gasteiger partial charge in [0.15, 0.2) is 5.03 Å². The number of hydrogen-bond donors (Lipinski definition) is 0. The average Bonchev–Trinajstić information content (AvgIpc) is 2.80. The maximum atomic E-state index is 12.7. The second kappa shape index (κ2) is 5.93. The number of piperidine rings is 1. The maximum Gasteiger partial charge on any atom is 0.262 e. The lowest BCUT2D eigenvalue weighted by atomic mass is 10.1. The second-order valence-electron chi connectivity index (χ2n) is 4.83. The van der Waals surface area contributed by atoms with Crippen molar-refractivity contribution in [3.8, 4) is 0 Å². The molecule has 0 radical (unpaired) electrons. The molecule has 1 saturated heterocycles. The van der Waals surface area contributed by atoms with Gasteiger partial charge in [0.1, 0.15) is 5.82 Å². The Morgan fingerprint density at radius 3 is 2.79 bits per heavy atom. The van der Waals surface area contributed by atoms with Gasteiger partial charge in [0.05, 0.1) is 0 Å². The topological polar surface area (TPSA) is 55.2 Å². The summed E-state index contributed by atoms with van der Waals surface area (Å²) in [5.41, 5.74) is 0. The van der Waals surface area contributed by atoms with E-state index in [1.165, 1.54) is 0 Å². The van der Waals surface area contributed by atoms with Gasteiger partial charge in [-0.05, 0) is 26.7 Å². The Kier molecular flexibility index (Phi) is 4.68. The molecule has 108 valence electrons. The van der Waals surface area contributed by atoms with Crippen molar-refractivity contribution >= 4 is 26.0 Å². The number of aromatic nitrogens is 2. The van der Waals surface area contributed by atoms with Crippen LogP contribution in [-0.2, 0) is 16.6 Å². The summed E-state index contributed by atoms with van der Waals surface area (Å²) in [6.07, 6.45) is 4.57. The van der Waals surface area contributed by atoms with Gasteiger partial charge in [-0.15, -0.1) is 0 Å². The molecule has 1 unspecified atom stereocenters. The fourth-order valence-corrected chi connectivity index (χ4v) is 5.04. The molecule has 1 aliphatic rings. The van der Waals surface area contributed by atoms with Gasteiger partial charge >= 0.3 is 0 Å². The summed E-state index contributed by atoms with van der Waals surface area (Å²) in [6.45, 7) is 5.14. The predicted octanol–water partition coefficient (Wildman–Crippen LogP) is 2.15. The normalized spacial score (nSPS) is 21.7. The first-order valence-corrected chi connectivity index (χ1v) is 9.18. The van der Waals surface area contributed by atoms with Gasteiger partial charge in [0.2, 0.25) is 0 Å². The summed E-state index contributed by atoms with van der Waals surface area (Å²) in [6, 6.07) is 0.0471. The number of nitrogens with zero attached hydrogens (tertiary/aromatic N) is 3. The van der Waals surface area contributed by atoms with Crippen LogP contribution in [0.15, 0.2) is 11.2 Å². The molecule has 0 aromatic carbocycles. The van der Waals surface area contributed by atoms with Crippen LogP contribution < -0.4 is 0 Å². The molecule has 2 rings (SSSR count). The van der Waals surface area contributed by atoms with Gasteiger partial charge in [-0.25, -0.2) is 13.4 Å². The molecule has 0 amide bonds. The van der Waals surface area contributed by atoms with Crippen molar-refractivity contribution in [1.29, 1.82) is 0 Å². The zero-order chi connectivity index (χ0) is 14.0. The molecule has 1 fully saturated rings. The molecule has 1 atom stereocenters. The van der Waals surface area contributed by atoms with Crippen LogP contribution in [0.5, 0.6) is 0 Å². The minimum absolute atomic E-state index is 0.0471. The minimum Gasteiger partial charge on any atom is -0.334 e. The first-order chi connectivity index (χ1) is 9.00. The maximum absolute atomic E-state index is 12.7. The molecule has 1 aliphatic heterocycles. The third-order valence-electron chi connectivity index (χ3n) is 3.62. The number of hydrogen-bond acceptors (Lipinski definition) is 3. The first-order valence-electron chi connectivity index (χ1n) is 6.62. The molecule has 19 heavy (non-hydrogen) atoms. The van der Waals surface area contributed by atoms with E-state index >= 15 is 0 Å². The van der Waals surface area contributed by atoms with E-state index in [4.69, 9.17) is 0 Å². The lowest BCUT2D eigenvalue weighted by Crippen LogP contribution is -2.44. The average molecular weight is 350 g/mol. The van der Waals surface area contributed by atoms with Crippen LogP contribution in [-0.4, -0.2) is 40.2 Å². The van der Waals surface area contributed by atoms with Crippen LogP contribution in [0.2, 0.25) is 0 Å². The summed E-state index contributed by atoms with van der Waals surface area (Å²) in [7, 11) is -3.46. The Morgan fingerprint density at radius 2 is 2.21 bits per heavy atom. The smallest absolute Gasteiger partial charge is 0.262 e. The predicted molar refractivity (Wildman–Crippen MR) is 78.0 cm³/mol. The summed E-state index contributed by atoms with van der Waals surface area (Å²) in [5.74, 6) is 0.744. The number of halogens is 1. The monoisotopic (exact) mass is 349 g/mol. The summed E-state index contributed by atoms with van der Waals surface area (Å²) >= 11 is 3.42. The van der Waals surface area contributed by atoms with Crippen LogP contribution in [0, 0.1) is 6.92 Å². The van der Waals surface area contributed by atoms with E-state index in [0.29, 0.717) is 11.9 Å². The molecule has 0 spiro atoms. The highest BCUT2D eigenvalue weighted by molar-refractivity contribution is 9.09. The molecule has 1 aromatic rings. The van der Waals surface area contributed by atoms with Crippen molar-refractivity contribution in [1.82, 2.24) is 13.9 Å². The van der Waals surface area contributed by atoms with Crippen molar-refractivity contribution in [3.05, 3.63) is 12.0 Å². The van der Waals surface area contributed by atoms with Crippen molar-refractivity contribution < 1.29 is 8.42 Å². The summed E-state index contributed by atoms with van der Waals surface area (Å²) in [5, 5.41) is 0.861. The highest BCUT2D eigenvalue weighted by Crippen LogP contribution is 2.26. The lowest BCUT2D eigenvalue weighted by Gasteiger charge is -2.32. The van der Waals surface area contributed by atoms with E-state index in [1.807, 2.05) is 18.4 Å². The molecule has 0 bridgehead atoms. The van der Waals surface area contributed by atoms with Gasteiger partial charge in [0, 0.05) is 30.7 Å². The van der Waals surface area contributed by atoms with Crippen LogP contribution in [0.3, 0.4) is 0 Å². The Morgan fingerprint density at radius 1 is 1.47 bits per heavy atom. The van der Waals surface area contributed by atoms with Crippen molar-refractivity contribution in [2.24, 2.45) is 0 Å². The number of sulfonamides is 1. The highest BCUT2D eigenvalue weighted by Gasteiger charge is 2.34. The number of alkyl halides is 1. The van der Waals surface area contributed by atoms with Crippen molar-refractivity contribution in [2.75, 3.05) is 11.9 Å². The molecular formula is C12H20BrN3O2S. The molecule has 0 N–H and O–H groups in total. The first kappa shape index (κ1) is 15.0. The Hall–Kier alpha value is -0.400. The number of rotatable bonds is 4. The minimum atomic E-state index is -3.46. The number of aryl methyl sites for hydroxylation is 2. The van der Waals surface area contributed by atoms with E-state index < -0.39 is 10.0 Å². The van der Waals surface area contributed by atoms with Crippen molar-refractivity contribution in [2.45, 2.75) is 50.7 Å². The fourth-order valence-electron chi connectivity index (χ4n) is 2.49. The molecular weight excluding hydrogens is 330 g/mol.